The number of ether oxygens (including phenoxy) is 1. The molecule has 1 aromatic heterocycles. The van der Waals surface area contributed by atoms with Crippen LogP contribution in [0.15, 0.2) is 28.7 Å². The molecule has 1 rings (SSSR count). The second kappa shape index (κ2) is 7.95. The van der Waals surface area contributed by atoms with Gasteiger partial charge in [0.15, 0.2) is 0 Å². The number of unbranched alkanes of at least 4 members (excludes halogenated alkanes) is 1. The number of aliphatic hydroxyl groups excluding tert-OH is 2. The molecule has 1 heterocycles. The number of hydrogen-bond acceptors (Lipinski definition) is 4. The summed E-state index contributed by atoms with van der Waals surface area (Å²) in [5.41, 5.74) is 0.749. The maximum absolute atomic E-state index is 9.96. The fraction of sp³-hybridized carbons (Fsp3) is 0.571. The minimum atomic E-state index is -0.764. The SMILES string of the molecule is C=C(CCC)C(O)c1ccc(OCCCCO)o1. The number of hydrogen-bond donors (Lipinski definition) is 2. The lowest BCUT2D eigenvalue weighted by atomic mass is 10.1. The maximum Gasteiger partial charge on any atom is 0.284 e. The third-order valence-corrected chi connectivity index (χ3v) is 2.63. The van der Waals surface area contributed by atoms with Crippen molar-refractivity contribution >= 4 is 0 Å². The quantitative estimate of drug-likeness (QED) is 0.525. The van der Waals surface area contributed by atoms with Crippen LogP contribution in [0, 0.1) is 0 Å². The molecule has 0 aromatic carbocycles. The van der Waals surface area contributed by atoms with Crippen molar-refractivity contribution in [3.8, 4) is 5.95 Å². The van der Waals surface area contributed by atoms with Crippen LogP contribution >= 0.6 is 0 Å². The zero-order valence-electron chi connectivity index (χ0n) is 10.9. The summed E-state index contributed by atoms with van der Waals surface area (Å²) in [5.74, 6) is 0.858. The van der Waals surface area contributed by atoms with Crippen LogP contribution in [-0.2, 0) is 0 Å². The largest absolute Gasteiger partial charge is 0.465 e. The Kier molecular flexibility index (Phi) is 6.54. The molecule has 1 aromatic rings. The summed E-state index contributed by atoms with van der Waals surface area (Å²) in [6.07, 6.45) is 2.44. The molecule has 0 radical (unpaired) electrons. The van der Waals surface area contributed by atoms with E-state index in [0.717, 1.165) is 24.8 Å². The summed E-state index contributed by atoms with van der Waals surface area (Å²) in [6, 6.07) is 3.39. The van der Waals surface area contributed by atoms with Crippen molar-refractivity contribution in [1.29, 1.82) is 0 Å². The molecule has 1 unspecified atom stereocenters. The summed E-state index contributed by atoms with van der Waals surface area (Å²) in [6.45, 7) is 6.54. The third kappa shape index (κ3) is 4.55. The highest BCUT2D eigenvalue weighted by atomic mass is 16.6. The molecule has 2 N–H and O–H groups in total. The standard InChI is InChI=1S/C14H22O4/c1-3-6-11(2)14(16)12-7-8-13(18-12)17-10-5-4-9-15/h7-8,14-16H,2-6,9-10H2,1H3. The first-order valence-corrected chi connectivity index (χ1v) is 6.38. The molecule has 0 amide bonds. The smallest absolute Gasteiger partial charge is 0.284 e. The Morgan fingerprint density at radius 2 is 2.22 bits per heavy atom. The van der Waals surface area contributed by atoms with Crippen molar-refractivity contribution in [2.24, 2.45) is 0 Å². The molecular formula is C14H22O4. The molecule has 1 atom stereocenters. The lowest BCUT2D eigenvalue weighted by Gasteiger charge is -2.10. The fourth-order valence-electron chi connectivity index (χ4n) is 1.60. The molecule has 0 fully saturated rings. The van der Waals surface area contributed by atoms with Gasteiger partial charge >= 0.3 is 0 Å². The topological polar surface area (TPSA) is 62.8 Å². The van der Waals surface area contributed by atoms with Gasteiger partial charge in [-0.05, 0) is 30.9 Å². The van der Waals surface area contributed by atoms with Crippen molar-refractivity contribution in [3.63, 3.8) is 0 Å². The Balaban J connectivity index is 2.44. The summed E-state index contributed by atoms with van der Waals surface area (Å²) in [5, 5.41) is 18.6. The van der Waals surface area contributed by atoms with E-state index in [1.165, 1.54) is 0 Å². The molecule has 102 valence electrons. The van der Waals surface area contributed by atoms with Crippen LogP contribution in [0.4, 0.5) is 0 Å². The Bertz CT molecular complexity index is 356. The average molecular weight is 254 g/mol. The van der Waals surface area contributed by atoms with Gasteiger partial charge < -0.3 is 19.4 Å². The predicted molar refractivity (Wildman–Crippen MR) is 69.5 cm³/mol. The summed E-state index contributed by atoms with van der Waals surface area (Å²) < 4.78 is 10.8. The Morgan fingerprint density at radius 1 is 1.44 bits per heavy atom. The zero-order valence-corrected chi connectivity index (χ0v) is 10.9. The molecule has 18 heavy (non-hydrogen) atoms. The van der Waals surface area contributed by atoms with Crippen LogP contribution in [0.3, 0.4) is 0 Å². The molecule has 0 spiro atoms. The van der Waals surface area contributed by atoms with Gasteiger partial charge in [-0.15, -0.1) is 0 Å². The van der Waals surface area contributed by atoms with E-state index in [-0.39, 0.29) is 6.61 Å². The van der Waals surface area contributed by atoms with Crippen LogP contribution < -0.4 is 4.74 Å². The van der Waals surface area contributed by atoms with Gasteiger partial charge in [-0.3, -0.25) is 0 Å². The second-order valence-corrected chi connectivity index (χ2v) is 4.25. The molecule has 0 saturated heterocycles. The van der Waals surface area contributed by atoms with E-state index in [2.05, 4.69) is 6.58 Å². The maximum atomic E-state index is 9.96. The molecule has 0 aliphatic heterocycles. The summed E-state index contributed by atoms with van der Waals surface area (Å²) >= 11 is 0. The molecule has 0 aliphatic carbocycles. The van der Waals surface area contributed by atoms with Gasteiger partial charge in [0.2, 0.25) is 0 Å². The van der Waals surface area contributed by atoms with Crippen molar-refractivity contribution < 1.29 is 19.4 Å². The monoisotopic (exact) mass is 254 g/mol. The van der Waals surface area contributed by atoms with Gasteiger partial charge in [0.1, 0.15) is 11.9 Å². The van der Waals surface area contributed by atoms with Crippen LogP contribution in [0.2, 0.25) is 0 Å². The lowest BCUT2D eigenvalue weighted by molar-refractivity contribution is 0.160. The van der Waals surface area contributed by atoms with Crippen LogP contribution in [-0.4, -0.2) is 23.4 Å². The van der Waals surface area contributed by atoms with E-state index >= 15 is 0 Å². The van der Waals surface area contributed by atoms with Crippen molar-refractivity contribution in [3.05, 3.63) is 30.0 Å². The lowest BCUT2D eigenvalue weighted by Crippen LogP contribution is -1.99. The van der Waals surface area contributed by atoms with Crippen molar-refractivity contribution in [2.45, 2.75) is 38.7 Å². The average Bonchev–Trinajstić information content (AvgIpc) is 2.83. The Hall–Kier alpha value is -1.26. The van der Waals surface area contributed by atoms with E-state index in [0.29, 0.717) is 24.7 Å². The summed E-state index contributed by atoms with van der Waals surface area (Å²) in [7, 11) is 0. The van der Waals surface area contributed by atoms with Gasteiger partial charge in [-0.1, -0.05) is 19.9 Å². The first kappa shape index (κ1) is 14.8. The van der Waals surface area contributed by atoms with E-state index in [1.54, 1.807) is 12.1 Å². The van der Waals surface area contributed by atoms with E-state index in [4.69, 9.17) is 14.3 Å². The number of furan rings is 1. The van der Waals surface area contributed by atoms with Crippen molar-refractivity contribution in [2.75, 3.05) is 13.2 Å². The van der Waals surface area contributed by atoms with Crippen molar-refractivity contribution in [1.82, 2.24) is 0 Å². The highest BCUT2D eigenvalue weighted by Gasteiger charge is 2.15. The summed E-state index contributed by atoms with van der Waals surface area (Å²) in [4.78, 5) is 0. The fourth-order valence-corrected chi connectivity index (χ4v) is 1.60. The predicted octanol–water partition coefficient (Wildman–Crippen LogP) is 2.82. The Labute approximate surface area is 108 Å². The van der Waals surface area contributed by atoms with Crippen LogP contribution in [0.5, 0.6) is 5.95 Å². The van der Waals surface area contributed by atoms with E-state index in [1.807, 2.05) is 6.92 Å². The minimum Gasteiger partial charge on any atom is -0.465 e. The molecule has 4 nitrogen and oxygen atoms in total. The first-order valence-electron chi connectivity index (χ1n) is 6.38. The van der Waals surface area contributed by atoms with Crippen LogP contribution in [0.1, 0.15) is 44.5 Å². The van der Waals surface area contributed by atoms with Crippen LogP contribution in [0.25, 0.3) is 0 Å². The molecule has 0 bridgehead atoms. The van der Waals surface area contributed by atoms with Gasteiger partial charge in [0, 0.05) is 12.7 Å². The van der Waals surface area contributed by atoms with E-state index < -0.39 is 6.10 Å². The van der Waals surface area contributed by atoms with Gasteiger partial charge in [-0.2, -0.15) is 0 Å². The molecule has 0 saturated carbocycles. The number of rotatable bonds is 9. The minimum absolute atomic E-state index is 0.169. The molecular weight excluding hydrogens is 232 g/mol. The Morgan fingerprint density at radius 3 is 2.89 bits per heavy atom. The molecule has 0 aliphatic rings. The van der Waals surface area contributed by atoms with Gasteiger partial charge in [-0.25, -0.2) is 0 Å². The third-order valence-electron chi connectivity index (χ3n) is 2.63. The normalized spacial score (nSPS) is 12.4. The molecule has 4 heteroatoms. The highest BCUT2D eigenvalue weighted by Crippen LogP contribution is 2.28. The number of aliphatic hydroxyl groups is 2. The highest BCUT2D eigenvalue weighted by molar-refractivity contribution is 5.20. The zero-order chi connectivity index (χ0) is 13.4. The van der Waals surface area contributed by atoms with Gasteiger partial charge in [0.25, 0.3) is 5.95 Å². The van der Waals surface area contributed by atoms with Gasteiger partial charge in [0.05, 0.1) is 6.61 Å². The van der Waals surface area contributed by atoms with E-state index in [9.17, 15) is 5.11 Å². The second-order valence-electron chi connectivity index (χ2n) is 4.25. The first-order chi connectivity index (χ1) is 8.69.